The number of nitrogens with one attached hydrogen (secondary N) is 2. The number of hydrogen-bond donors (Lipinski definition) is 2. The maximum Gasteiger partial charge on any atom is 0.280 e. The summed E-state index contributed by atoms with van der Waals surface area (Å²) in [6.45, 7) is 1.82. The quantitative estimate of drug-likeness (QED) is 0.614. The Balaban J connectivity index is 1.57. The first-order valence-corrected chi connectivity index (χ1v) is 10.5. The number of alkyl halides is 2. The molecule has 1 saturated heterocycles. The molecule has 1 aliphatic rings. The van der Waals surface area contributed by atoms with Gasteiger partial charge in [-0.15, -0.1) is 11.3 Å². The molecule has 4 nitrogen and oxygen atoms in total. The third-order valence-electron chi connectivity index (χ3n) is 5.20. The number of benzene rings is 2. The lowest BCUT2D eigenvalue weighted by Gasteiger charge is -2.32. The Kier molecular flexibility index (Phi) is 5.71. The Morgan fingerprint density at radius 2 is 2.10 bits per heavy atom. The minimum absolute atomic E-state index is 0.0458. The number of carbonyl (C=O) groups excluding carboxylic acids is 1. The average molecular weight is 434 g/mol. The summed E-state index contributed by atoms with van der Waals surface area (Å²) in [6, 6.07) is 10.4. The summed E-state index contributed by atoms with van der Waals surface area (Å²) in [6.07, 6.45) is 0.164. The van der Waals surface area contributed by atoms with E-state index >= 15 is 0 Å². The summed E-state index contributed by atoms with van der Waals surface area (Å²) in [5, 5.41) is 5.80. The maximum atomic E-state index is 14.1. The van der Waals surface area contributed by atoms with Crippen LogP contribution in [0.4, 0.5) is 13.2 Å². The van der Waals surface area contributed by atoms with E-state index in [1.54, 1.807) is 37.3 Å². The molecule has 2 heterocycles. The summed E-state index contributed by atoms with van der Waals surface area (Å²) in [5.74, 6) is -3.39. The van der Waals surface area contributed by atoms with E-state index in [0.717, 1.165) is 9.58 Å². The van der Waals surface area contributed by atoms with Crippen molar-refractivity contribution >= 4 is 27.3 Å². The Morgan fingerprint density at radius 1 is 1.30 bits per heavy atom. The molecule has 1 fully saturated rings. The van der Waals surface area contributed by atoms with Crippen LogP contribution in [0.15, 0.2) is 42.5 Å². The van der Waals surface area contributed by atoms with Gasteiger partial charge in [0, 0.05) is 20.5 Å². The Morgan fingerprint density at radius 3 is 2.87 bits per heavy atom. The van der Waals surface area contributed by atoms with Crippen LogP contribution >= 0.6 is 11.3 Å². The summed E-state index contributed by atoms with van der Waals surface area (Å²) < 4.78 is 48.6. The van der Waals surface area contributed by atoms with Crippen LogP contribution in [-0.2, 0) is 6.61 Å². The van der Waals surface area contributed by atoms with Crippen molar-refractivity contribution in [3.05, 3.63) is 64.3 Å². The first kappa shape index (κ1) is 20.7. The Hall–Kier alpha value is -2.58. The Labute approximate surface area is 176 Å². The number of fused-ring (bicyclic) bond motifs is 1. The van der Waals surface area contributed by atoms with E-state index in [1.165, 1.54) is 17.4 Å². The number of piperidine rings is 1. The fraction of sp³-hybridized carbons (Fsp3) is 0.318. The second-order valence-corrected chi connectivity index (χ2v) is 8.58. The molecule has 0 bridgehead atoms. The lowest BCUT2D eigenvalue weighted by atomic mass is 10.0. The largest absolute Gasteiger partial charge is 0.489 e. The van der Waals surface area contributed by atoms with Crippen molar-refractivity contribution in [3.63, 3.8) is 0 Å². The monoisotopic (exact) mass is 434 g/mol. The summed E-state index contributed by atoms with van der Waals surface area (Å²) in [7, 11) is 0. The van der Waals surface area contributed by atoms with Crippen LogP contribution in [0.25, 0.3) is 10.1 Å². The first-order valence-electron chi connectivity index (χ1n) is 9.64. The summed E-state index contributed by atoms with van der Waals surface area (Å²) >= 11 is 1.42. The molecule has 8 heteroatoms. The normalized spacial score (nSPS) is 18.3. The van der Waals surface area contributed by atoms with Crippen LogP contribution in [0, 0.1) is 12.7 Å². The van der Waals surface area contributed by atoms with Gasteiger partial charge in [-0.1, -0.05) is 18.2 Å². The third kappa shape index (κ3) is 4.15. The van der Waals surface area contributed by atoms with Crippen molar-refractivity contribution < 1.29 is 22.7 Å². The van der Waals surface area contributed by atoms with Gasteiger partial charge in [-0.2, -0.15) is 0 Å². The van der Waals surface area contributed by atoms with Gasteiger partial charge in [0.1, 0.15) is 18.2 Å². The van der Waals surface area contributed by atoms with E-state index in [9.17, 15) is 18.0 Å². The van der Waals surface area contributed by atoms with Gasteiger partial charge in [-0.25, -0.2) is 13.2 Å². The molecule has 3 aromatic rings. The van der Waals surface area contributed by atoms with Gasteiger partial charge in [0.05, 0.1) is 18.2 Å². The number of rotatable bonds is 5. The van der Waals surface area contributed by atoms with E-state index in [1.807, 2.05) is 6.07 Å². The van der Waals surface area contributed by atoms with Crippen molar-refractivity contribution in [3.8, 4) is 5.75 Å². The van der Waals surface area contributed by atoms with Crippen LogP contribution < -0.4 is 15.4 Å². The molecule has 1 atom stereocenters. The zero-order valence-corrected chi connectivity index (χ0v) is 17.1. The standard InChI is InChI=1S/C22H21F3N2O2S/c1-13-20(21(28)27-19-8-9-26-12-22(19,24)25)16-10-15(6-7-18(16)30-13)29-11-14-4-2-3-5-17(14)23/h2-7,10,19,26H,8-9,11-12H2,1H3,(H,27,28). The molecule has 158 valence electrons. The SMILES string of the molecule is Cc1sc2ccc(OCc3ccccc3F)cc2c1C(=O)NC1CCNCC1(F)F. The summed E-state index contributed by atoms with van der Waals surface area (Å²) in [4.78, 5) is 13.6. The number of ether oxygens (including phenoxy) is 1. The molecule has 30 heavy (non-hydrogen) atoms. The molecule has 0 aliphatic carbocycles. The van der Waals surface area contributed by atoms with Gasteiger partial charge in [-0.3, -0.25) is 4.79 Å². The molecule has 0 spiro atoms. The van der Waals surface area contributed by atoms with Crippen LogP contribution in [0.5, 0.6) is 5.75 Å². The fourth-order valence-corrected chi connectivity index (χ4v) is 4.63. The third-order valence-corrected chi connectivity index (χ3v) is 6.29. The van der Waals surface area contributed by atoms with Gasteiger partial charge in [0.25, 0.3) is 11.8 Å². The van der Waals surface area contributed by atoms with Crippen LogP contribution in [0.2, 0.25) is 0 Å². The molecule has 2 N–H and O–H groups in total. The van der Waals surface area contributed by atoms with Crippen molar-refractivity contribution in [1.82, 2.24) is 10.6 Å². The predicted molar refractivity (Wildman–Crippen MR) is 111 cm³/mol. The van der Waals surface area contributed by atoms with E-state index in [4.69, 9.17) is 4.74 Å². The van der Waals surface area contributed by atoms with Gasteiger partial charge in [0.15, 0.2) is 0 Å². The predicted octanol–water partition coefficient (Wildman–Crippen LogP) is 4.65. The minimum atomic E-state index is -3.00. The molecule has 4 rings (SSSR count). The molecule has 2 aromatic carbocycles. The smallest absolute Gasteiger partial charge is 0.280 e. The molecule has 0 saturated carbocycles. The zero-order chi connectivity index (χ0) is 21.3. The van der Waals surface area contributed by atoms with E-state index in [2.05, 4.69) is 10.6 Å². The fourth-order valence-electron chi connectivity index (χ4n) is 3.59. The lowest BCUT2D eigenvalue weighted by Crippen LogP contribution is -2.57. The highest BCUT2D eigenvalue weighted by Gasteiger charge is 2.42. The molecular weight excluding hydrogens is 413 g/mol. The topological polar surface area (TPSA) is 50.4 Å². The van der Waals surface area contributed by atoms with Gasteiger partial charge >= 0.3 is 0 Å². The van der Waals surface area contributed by atoms with Crippen LogP contribution in [0.1, 0.15) is 27.2 Å². The van der Waals surface area contributed by atoms with Gasteiger partial charge < -0.3 is 15.4 Å². The molecule has 0 radical (unpaired) electrons. The van der Waals surface area contributed by atoms with Crippen LogP contribution in [-0.4, -0.2) is 31.0 Å². The summed E-state index contributed by atoms with van der Waals surface area (Å²) in [5.41, 5.74) is 0.797. The molecule has 1 unspecified atom stereocenters. The number of amides is 1. The highest BCUT2D eigenvalue weighted by Crippen LogP contribution is 2.34. The van der Waals surface area contributed by atoms with Crippen molar-refractivity contribution in [2.24, 2.45) is 0 Å². The average Bonchev–Trinajstić information content (AvgIpc) is 3.04. The second-order valence-electron chi connectivity index (χ2n) is 7.32. The van der Waals surface area contributed by atoms with E-state index < -0.39 is 24.4 Å². The maximum absolute atomic E-state index is 14.1. The van der Waals surface area contributed by atoms with Crippen LogP contribution in [0.3, 0.4) is 0 Å². The van der Waals surface area contributed by atoms with Gasteiger partial charge in [0.2, 0.25) is 0 Å². The number of hydrogen-bond acceptors (Lipinski definition) is 4. The minimum Gasteiger partial charge on any atom is -0.489 e. The molecule has 1 aromatic heterocycles. The number of thiophene rings is 1. The zero-order valence-electron chi connectivity index (χ0n) is 16.3. The highest BCUT2D eigenvalue weighted by atomic mass is 32.1. The number of carbonyl (C=O) groups is 1. The lowest BCUT2D eigenvalue weighted by molar-refractivity contribution is -0.0487. The van der Waals surface area contributed by atoms with E-state index in [0.29, 0.717) is 28.8 Å². The first-order chi connectivity index (χ1) is 14.3. The number of halogens is 3. The second kappa shape index (κ2) is 8.28. The molecule has 1 aliphatic heterocycles. The molecular formula is C22H21F3N2O2S. The van der Waals surface area contributed by atoms with Crippen molar-refractivity contribution in [2.45, 2.75) is 31.9 Å². The van der Waals surface area contributed by atoms with Crippen molar-refractivity contribution in [1.29, 1.82) is 0 Å². The van der Waals surface area contributed by atoms with E-state index in [-0.39, 0.29) is 18.8 Å². The number of aryl methyl sites for hydroxylation is 1. The molecule has 1 amide bonds. The highest BCUT2D eigenvalue weighted by molar-refractivity contribution is 7.19. The van der Waals surface area contributed by atoms with Gasteiger partial charge in [-0.05, 0) is 44.2 Å². The Bertz CT molecular complexity index is 1080. The van der Waals surface area contributed by atoms with Crippen molar-refractivity contribution in [2.75, 3.05) is 13.1 Å².